The Morgan fingerprint density at radius 2 is 0.559 bits per heavy atom. The number of carbonyl (C=O) groups excluding carboxylic acids is 2. The Morgan fingerprint density at radius 1 is 0.324 bits per heavy atom. The maximum atomic E-state index is 10.1. The molecule has 0 spiro atoms. The summed E-state index contributed by atoms with van der Waals surface area (Å²) in [6.07, 6.45) is 41.3. The smallest absolute Gasteiger partial charge is 0.119 e. The van der Waals surface area contributed by atoms with Gasteiger partial charge in [-0.05, 0) is 64.2 Å². The Bertz CT molecular complexity index is 425. The summed E-state index contributed by atoms with van der Waals surface area (Å²) in [6, 6.07) is 0. The topological polar surface area (TPSA) is 34.1 Å². The number of rotatable bonds is 26. The number of unbranched alkanes of at least 4 members (excludes halogenated alkanes) is 20. The van der Waals surface area contributed by atoms with E-state index >= 15 is 0 Å². The van der Waals surface area contributed by atoms with E-state index in [1.807, 2.05) is 0 Å². The Labute approximate surface area is 214 Å². The van der Waals surface area contributed by atoms with Crippen molar-refractivity contribution in [2.45, 2.75) is 168 Å². The Kier molecular flexibility index (Phi) is 37.4. The molecule has 0 aliphatic carbocycles. The minimum atomic E-state index is 0.738. The molecule has 0 unspecified atom stereocenters. The third kappa shape index (κ3) is 38.1. The van der Waals surface area contributed by atoms with Gasteiger partial charge in [-0.15, -0.1) is 0 Å². The van der Waals surface area contributed by atoms with Crippen molar-refractivity contribution >= 4 is 12.6 Å². The normalized spacial score (nSPS) is 11.1. The molecule has 0 radical (unpaired) electrons. The van der Waals surface area contributed by atoms with Crippen LogP contribution in [0.2, 0.25) is 0 Å². The van der Waals surface area contributed by atoms with Crippen LogP contribution in [-0.4, -0.2) is 12.6 Å². The van der Waals surface area contributed by atoms with E-state index in [-0.39, 0.29) is 0 Å². The highest BCUT2D eigenvalue weighted by Crippen LogP contribution is 2.09. The predicted molar refractivity (Wildman–Crippen MR) is 153 cm³/mol. The summed E-state index contributed by atoms with van der Waals surface area (Å²) in [4.78, 5) is 20.2. The summed E-state index contributed by atoms with van der Waals surface area (Å²) in [5, 5.41) is 0. The summed E-state index contributed by atoms with van der Waals surface area (Å²) in [5.74, 6) is 0. The molecule has 0 fully saturated rings. The first-order valence-corrected chi connectivity index (χ1v) is 15.0. The number of aldehydes is 2. The van der Waals surface area contributed by atoms with Crippen LogP contribution in [0.1, 0.15) is 168 Å². The largest absolute Gasteiger partial charge is 0.303 e. The molecule has 0 aromatic rings. The van der Waals surface area contributed by atoms with Crippen molar-refractivity contribution in [3.05, 3.63) is 24.3 Å². The molecular formula is C32H60O2. The lowest BCUT2D eigenvalue weighted by Crippen LogP contribution is -1.80. The van der Waals surface area contributed by atoms with Crippen LogP contribution in [-0.2, 0) is 9.59 Å². The molecule has 0 aliphatic rings. The van der Waals surface area contributed by atoms with Crippen LogP contribution in [0.3, 0.4) is 0 Å². The number of carbonyl (C=O) groups is 2. The molecule has 200 valence electrons. The van der Waals surface area contributed by atoms with E-state index in [0.29, 0.717) is 0 Å². The van der Waals surface area contributed by atoms with Gasteiger partial charge in [0.2, 0.25) is 0 Å². The van der Waals surface area contributed by atoms with Crippen molar-refractivity contribution in [2.75, 3.05) is 0 Å². The van der Waals surface area contributed by atoms with E-state index in [4.69, 9.17) is 0 Å². The molecule has 0 saturated carbocycles. The lowest BCUT2D eigenvalue weighted by molar-refractivity contribution is -0.108. The molecule has 0 aromatic carbocycles. The van der Waals surface area contributed by atoms with Gasteiger partial charge in [0, 0.05) is 12.8 Å². The SMILES string of the molecule is CCCCCCC=CCCCCCCCC=O.CCCCCCCCC=CCCCCCC=O. The van der Waals surface area contributed by atoms with Gasteiger partial charge in [-0.1, -0.05) is 115 Å². The molecule has 0 atom stereocenters. The Hall–Kier alpha value is -1.18. The van der Waals surface area contributed by atoms with Gasteiger partial charge < -0.3 is 9.59 Å². The number of hydrogen-bond acceptors (Lipinski definition) is 2. The Morgan fingerprint density at radius 3 is 0.882 bits per heavy atom. The fraction of sp³-hybridized carbons (Fsp3) is 0.812. The molecule has 0 aromatic heterocycles. The molecule has 34 heavy (non-hydrogen) atoms. The molecule has 0 rings (SSSR count). The number of allylic oxidation sites excluding steroid dienone is 4. The quantitative estimate of drug-likeness (QED) is 0.0706. The average molecular weight is 477 g/mol. The summed E-state index contributed by atoms with van der Waals surface area (Å²) in [7, 11) is 0. The molecule has 0 N–H and O–H groups in total. The zero-order valence-electron chi connectivity index (χ0n) is 23.3. The highest BCUT2D eigenvalue weighted by Gasteiger charge is 1.90. The van der Waals surface area contributed by atoms with Gasteiger partial charge in [-0.2, -0.15) is 0 Å². The molecular weight excluding hydrogens is 416 g/mol. The highest BCUT2D eigenvalue weighted by molar-refractivity contribution is 5.49. The van der Waals surface area contributed by atoms with Gasteiger partial charge in [-0.3, -0.25) is 0 Å². The molecule has 0 bridgehead atoms. The predicted octanol–water partition coefficient (Wildman–Crippen LogP) is 10.9. The highest BCUT2D eigenvalue weighted by atomic mass is 16.1. The lowest BCUT2D eigenvalue weighted by Gasteiger charge is -1.98. The third-order valence-electron chi connectivity index (χ3n) is 6.17. The van der Waals surface area contributed by atoms with Crippen molar-refractivity contribution < 1.29 is 9.59 Å². The summed E-state index contributed by atoms with van der Waals surface area (Å²) in [5.41, 5.74) is 0. The van der Waals surface area contributed by atoms with E-state index in [0.717, 1.165) is 38.3 Å². The molecule has 0 aliphatic heterocycles. The van der Waals surface area contributed by atoms with Gasteiger partial charge in [0.1, 0.15) is 12.6 Å². The fourth-order valence-corrected chi connectivity index (χ4v) is 3.89. The number of hydrogen-bond donors (Lipinski definition) is 0. The van der Waals surface area contributed by atoms with Crippen molar-refractivity contribution in [3.63, 3.8) is 0 Å². The van der Waals surface area contributed by atoms with E-state index in [9.17, 15) is 9.59 Å². The fourth-order valence-electron chi connectivity index (χ4n) is 3.89. The second-order valence-electron chi connectivity index (χ2n) is 9.67. The first-order valence-electron chi connectivity index (χ1n) is 15.0. The van der Waals surface area contributed by atoms with Gasteiger partial charge in [-0.25, -0.2) is 0 Å². The van der Waals surface area contributed by atoms with E-state index in [2.05, 4.69) is 38.2 Å². The molecule has 2 nitrogen and oxygen atoms in total. The molecule has 0 amide bonds. The van der Waals surface area contributed by atoms with Crippen LogP contribution < -0.4 is 0 Å². The maximum Gasteiger partial charge on any atom is 0.119 e. The van der Waals surface area contributed by atoms with Gasteiger partial charge in [0.25, 0.3) is 0 Å². The zero-order valence-corrected chi connectivity index (χ0v) is 23.3. The monoisotopic (exact) mass is 476 g/mol. The van der Waals surface area contributed by atoms with Crippen molar-refractivity contribution in [1.82, 2.24) is 0 Å². The van der Waals surface area contributed by atoms with Crippen LogP contribution in [0.5, 0.6) is 0 Å². The third-order valence-corrected chi connectivity index (χ3v) is 6.17. The maximum absolute atomic E-state index is 10.1. The van der Waals surface area contributed by atoms with E-state index in [1.54, 1.807) is 0 Å². The average Bonchev–Trinajstić information content (AvgIpc) is 2.85. The minimum Gasteiger partial charge on any atom is -0.303 e. The van der Waals surface area contributed by atoms with Crippen LogP contribution in [0.25, 0.3) is 0 Å². The van der Waals surface area contributed by atoms with Crippen LogP contribution >= 0.6 is 0 Å². The van der Waals surface area contributed by atoms with Crippen molar-refractivity contribution in [2.24, 2.45) is 0 Å². The van der Waals surface area contributed by atoms with Crippen LogP contribution in [0, 0.1) is 0 Å². The van der Waals surface area contributed by atoms with Gasteiger partial charge in [0.15, 0.2) is 0 Å². The minimum absolute atomic E-state index is 0.738. The van der Waals surface area contributed by atoms with Crippen molar-refractivity contribution in [1.29, 1.82) is 0 Å². The van der Waals surface area contributed by atoms with Gasteiger partial charge in [0.05, 0.1) is 0 Å². The molecule has 2 heteroatoms. The van der Waals surface area contributed by atoms with Crippen molar-refractivity contribution in [3.8, 4) is 0 Å². The lowest BCUT2D eigenvalue weighted by atomic mass is 10.1. The second-order valence-corrected chi connectivity index (χ2v) is 9.67. The van der Waals surface area contributed by atoms with E-state index < -0.39 is 0 Å². The summed E-state index contributed by atoms with van der Waals surface area (Å²) in [6.45, 7) is 4.52. The van der Waals surface area contributed by atoms with Gasteiger partial charge >= 0.3 is 0 Å². The zero-order chi connectivity index (χ0) is 25.2. The standard InChI is InChI=1S/2C16H30O/c2*1-2-3-4-5-6-7-8-9-10-11-12-13-14-15-16-17/h9-10,16H,2-8,11-15H2,1H3;7-8,16H,2-6,9-15H2,1H3. The Balaban J connectivity index is 0. The first-order chi connectivity index (χ1) is 16.8. The molecule has 0 heterocycles. The molecule has 0 saturated heterocycles. The van der Waals surface area contributed by atoms with Crippen LogP contribution in [0.15, 0.2) is 24.3 Å². The first kappa shape index (κ1) is 35.0. The summed E-state index contributed by atoms with van der Waals surface area (Å²) >= 11 is 0. The summed E-state index contributed by atoms with van der Waals surface area (Å²) < 4.78 is 0. The van der Waals surface area contributed by atoms with Crippen LogP contribution in [0.4, 0.5) is 0 Å². The van der Waals surface area contributed by atoms with E-state index in [1.165, 1.54) is 128 Å². The second kappa shape index (κ2) is 36.4.